The van der Waals surface area contributed by atoms with Gasteiger partial charge in [0.2, 0.25) is 0 Å². The van der Waals surface area contributed by atoms with Crippen molar-refractivity contribution in [1.29, 1.82) is 0 Å². The zero-order chi connectivity index (χ0) is 10.6. The summed E-state index contributed by atoms with van der Waals surface area (Å²) in [6.45, 7) is 7.30. The quantitative estimate of drug-likeness (QED) is 0.793. The lowest BCUT2D eigenvalue weighted by atomic mass is 10.1. The molecule has 0 aliphatic rings. The summed E-state index contributed by atoms with van der Waals surface area (Å²) < 4.78 is 5.35. The summed E-state index contributed by atoms with van der Waals surface area (Å²) in [5.41, 5.74) is 2.45. The summed E-state index contributed by atoms with van der Waals surface area (Å²) in [5, 5.41) is 3.38. The predicted octanol–water partition coefficient (Wildman–Crippen LogP) is 2.67. The van der Waals surface area contributed by atoms with Gasteiger partial charge in [-0.25, -0.2) is 0 Å². The highest BCUT2D eigenvalue weighted by atomic mass is 16.5. The second-order valence-electron chi connectivity index (χ2n) is 3.52. The number of methoxy groups -OCH3 is 1. The van der Waals surface area contributed by atoms with Gasteiger partial charge in [-0.05, 0) is 32.0 Å². The van der Waals surface area contributed by atoms with Gasteiger partial charge in [0.1, 0.15) is 5.75 Å². The molecule has 0 fully saturated rings. The van der Waals surface area contributed by atoms with Crippen LogP contribution in [0.5, 0.6) is 5.75 Å². The number of aryl methyl sites for hydroxylation is 1. The smallest absolute Gasteiger partial charge is 0.123 e. The molecule has 1 rings (SSSR count). The van der Waals surface area contributed by atoms with Crippen molar-refractivity contribution in [2.24, 2.45) is 0 Å². The Morgan fingerprint density at radius 2 is 2.14 bits per heavy atom. The third-order valence-corrected chi connectivity index (χ3v) is 2.37. The van der Waals surface area contributed by atoms with E-state index < -0.39 is 0 Å². The molecule has 0 aromatic heterocycles. The van der Waals surface area contributed by atoms with Crippen molar-refractivity contribution >= 4 is 0 Å². The molecule has 2 heteroatoms. The van der Waals surface area contributed by atoms with Gasteiger partial charge in [-0.3, -0.25) is 0 Å². The van der Waals surface area contributed by atoms with Crippen LogP contribution in [0, 0.1) is 6.92 Å². The zero-order valence-electron chi connectivity index (χ0n) is 9.42. The highest BCUT2D eigenvalue weighted by Crippen LogP contribution is 2.25. The number of hydrogen-bond donors (Lipinski definition) is 1. The van der Waals surface area contributed by atoms with Crippen LogP contribution in [-0.4, -0.2) is 13.7 Å². The summed E-state index contributed by atoms with van der Waals surface area (Å²) in [4.78, 5) is 0. The molecule has 0 radical (unpaired) electrons. The number of nitrogens with one attached hydrogen (secondary N) is 1. The Morgan fingerprint density at radius 3 is 2.71 bits per heavy atom. The first-order chi connectivity index (χ1) is 6.69. The lowest BCUT2D eigenvalue weighted by Crippen LogP contribution is -2.18. The van der Waals surface area contributed by atoms with Crippen LogP contribution < -0.4 is 10.1 Å². The maximum atomic E-state index is 5.35. The number of hydrogen-bond acceptors (Lipinski definition) is 2. The van der Waals surface area contributed by atoms with Crippen LogP contribution in [0.4, 0.5) is 0 Å². The summed E-state index contributed by atoms with van der Waals surface area (Å²) in [7, 11) is 1.72. The van der Waals surface area contributed by atoms with Gasteiger partial charge in [0, 0.05) is 11.6 Å². The van der Waals surface area contributed by atoms with Crippen molar-refractivity contribution in [3.63, 3.8) is 0 Å². The molecule has 1 atom stereocenters. The highest BCUT2D eigenvalue weighted by Gasteiger charge is 2.09. The molecule has 78 valence electrons. The minimum absolute atomic E-state index is 0.343. The van der Waals surface area contributed by atoms with E-state index in [0.29, 0.717) is 6.04 Å². The first-order valence-electron chi connectivity index (χ1n) is 5.07. The Bertz CT molecular complexity index is 296. The van der Waals surface area contributed by atoms with Crippen molar-refractivity contribution in [2.45, 2.75) is 26.8 Å². The Balaban J connectivity index is 2.95. The van der Waals surface area contributed by atoms with E-state index in [1.807, 2.05) is 0 Å². The second-order valence-corrected chi connectivity index (χ2v) is 3.52. The van der Waals surface area contributed by atoms with Gasteiger partial charge in [-0.2, -0.15) is 0 Å². The first kappa shape index (κ1) is 11.1. The summed E-state index contributed by atoms with van der Waals surface area (Å²) in [6.07, 6.45) is 0. The molecule has 0 saturated heterocycles. The molecule has 0 aliphatic carbocycles. The highest BCUT2D eigenvalue weighted by molar-refractivity contribution is 5.38. The van der Waals surface area contributed by atoms with Crippen LogP contribution in [0.25, 0.3) is 0 Å². The standard InChI is InChI=1S/C12H19NO/c1-5-13-10(3)11-7-6-9(2)8-12(11)14-4/h6-8,10,13H,5H2,1-4H3. The molecule has 1 N–H and O–H groups in total. The molecule has 1 aromatic carbocycles. The molecule has 0 heterocycles. The maximum Gasteiger partial charge on any atom is 0.123 e. The van der Waals surface area contributed by atoms with E-state index in [1.165, 1.54) is 11.1 Å². The fraction of sp³-hybridized carbons (Fsp3) is 0.500. The third kappa shape index (κ3) is 2.48. The number of benzene rings is 1. The Hall–Kier alpha value is -1.02. The Kier molecular flexibility index (Phi) is 3.96. The van der Waals surface area contributed by atoms with Crippen molar-refractivity contribution in [3.05, 3.63) is 29.3 Å². The molecular weight excluding hydrogens is 174 g/mol. The fourth-order valence-corrected chi connectivity index (χ4v) is 1.59. The van der Waals surface area contributed by atoms with Gasteiger partial charge in [-0.15, -0.1) is 0 Å². The van der Waals surface area contributed by atoms with Crippen LogP contribution in [0.3, 0.4) is 0 Å². The van der Waals surface area contributed by atoms with E-state index in [1.54, 1.807) is 7.11 Å². The van der Waals surface area contributed by atoms with Gasteiger partial charge in [0.15, 0.2) is 0 Å². The predicted molar refractivity (Wildman–Crippen MR) is 59.8 cm³/mol. The SMILES string of the molecule is CCNC(C)c1ccc(C)cc1OC. The lowest BCUT2D eigenvalue weighted by molar-refractivity contribution is 0.402. The lowest BCUT2D eigenvalue weighted by Gasteiger charge is -2.16. The van der Waals surface area contributed by atoms with Crippen LogP contribution >= 0.6 is 0 Å². The van der Waals surface area contributed by atoms with Crippen LogP contribution in [0.2, 0.25) is 0 Å². The van der Waals surface area contributed by atoms with E-state index in [2.05, 4.69) is 44.3 Å². The van der Waals surface area contributed by atoms with E-state index in [9.17, 15) is 0 Å². The molecule has 0 aliphatic heterocycles. The molecule has 0 saturated carbocycles. The molecule has 0 bridgehead atoms. The molecule has 1 unspecified atom stereocenters. The monoisotopic (exact) mass is 193 g/mol. The number of rotatable bonds is 4. The Labute approximate surface area is 86.3 Å². The molecule has 1 aromatic rings. The third-order valence-electron chi connectivity index (χ3n) is 2.37. The van der Waals surface area contributed by atoms with Gasteiger partial charge < -0.3 is 10.1 Å². The summed E-state index contributed by atoms with van der Waals surface area (Å²) in [6, 6.07) is 6.66. The normalized spacial score (nSPS) is 12.6. The zero-order valence-corrected chi connectivity index (χ0v) is 9.42. The van der Waals surface area contributed by atoms with Crippen LogP contribution in [-0.2, 0) is 0 Å². The number of ether oxygens (including phenoxy) is 1. The average molecular weight is 193 g/mol. The van der Waals surface area contributed by atoms with Gasteiger partial charge >= 0.3 is 0 Å². The van der Waals surface area contributed by atoms with E-state index >= 15 is 0 Å². The minimum Gasteiger partial charge on any atom is -0.496 e. The van der Waals surface area contributed by atoms with Gasteiger partial charge in [0.25, 0.3) is 0 Å². The first-order valence-corrected chi connectivity index (χ1v) is 5.07. The van der Waals surface area contributed by atoms with Crippen molar-refractivity contribution in [2.75, 3.05) is 13.7 Å². The molecule has 2 nitrogen and oxygen atoms in total. The molecule has 0 spiro atoms. The van der Waals surface area contributed by atoms with E-state index in [4.69, 9.17) is 4.74 Å². The second kappa shape index (κ2) is 5.01. The van der Waals surface area contributed by atoms with E-state index in [-0.39, 0.29) is 0 Å². The van der Waals surface area contributed by atoms with E-state index in [0.717, 1.165) is 12.3 Å². The Morgan fingerprint density at radius 1 is 1.43 bits per heavy atom. The summed E-state index contributed by atoms with van der Waals surface area (Å²) in [5.74, 6) is 0.971. The molecule has 0 amide bonds. The molecular formula is C12H19NO. The van der Waals surface area contributed by atoms with Crippen molar-refractivity contribution < 1.29 is 4.74 Å². The largest absolute Gasteiger partial charge is 0.496 e. The van der Waals surface area contributed by atoms with Crippen LogP contribution in [0.1, 0.15) is 31.0 Å². The fourth-order valence-electron chi connectivity index (χ4n) is 1.59. The van der Waals surface area contributed by atoms with Gasteiger partial charge in [-0.1, -0.05) is 19.1 Å². The maximum absolute atomic E-state index is 5.35. The van der Waals surface area contributed by atoms with Gasteiger partial charge in [0.05, 0.1) is 7.11 Å². The van der Waals surface area contributed by atoms with Crippen LogP contribution in [0.15, 0.2) is 18.2 Å². The topological polar surface area (TPSA) is 21.3 Å². The van der Waals surface area contributed by atoms with Crippen molar-refractivity contribution in [1.82, 2.24) is 5.32 Å². The average Bonchev–Trinajstić information content (AvgIpc) is 2.17. The van der Waals surface area contributed by atoms with Crippen molar-refractivity contribution in [3.8, 4) is 5.75 Å². The molecule has 14 heavy (non-hydrogen) atoms. The minimum atomic E-state index is 0.343. The summed E-state index contributed by atoms with van der Waals surface area (Å²) >= 11 is 0.